The van der Waals surface area contributed by atoms with E-state index in [9.17, 15) is 4.79 Å². The first-order valence-corrected chi connectivity index (χ1v) is 4.60. The number of anilines is 1. The zero-order valence-corrected chi connectivity index (χ0v) is 8.33. The highest BCUT2D eigenvalue weighted by atomic mass is 16.5. The summed E-state index contributed by atoms with van der Waals surface area (Å²) >= 11 is 0. The molecular formula is C11H9N3O2. The minimum atomic E-state index is -0.557. The van der Waals surface area contributed by atoms with Gasteiger partial charge >= 0.3 is 5.97 Å². The van der Waals surface area contributed by atoms with Crippen molar-refractivity contribution in [3.63, 3.8) is 0 Å². The highest BCUT2D eigenvalue weighted by Crippen LogP contribution is 2.10. The number of carbonyl (C=O) groups excluding carboxylic acids is 1. The number of esters is 1. The third-order valence-electron chi connectivity index (χ3n) is 1.83. The zero-order valence-electron chi connectivity index (χ0n) is 8.33. The number of aromatic nitrogens is 2. The molecule has 16 heavy (non-hydrogen) atoms. The van der Waals surface area contributed by atoms with E-state index in [1.807, 2.05) is 6.07 Å². The molecule has 0 saturated carbocycles. The molecule has 0 atom stereocenters. The number of hydrogen-bond donors (Lipinski definition) is 1. The maximum Gasteiger partial charge on any atom is 0.363 e. The van der Waals surface area contributed by atoms with Crippen molar-refractivity contribution in [2.75, 3.05) is 5.73 Å². The van der Waals surface area contributed by atoms with Crippen LogP contribution in [0.3, 0.4) is 0 Å². The van der Waals surface area contributed by atoms with Gasteiger partial charge in [0.2, 0.25) is 0 Å². The molecule has 0 saturated heterocycles. The van der Waals surface area contributed by atoms with E-state index in [0.29, 0.717) is 5.75 Å². The minimum absolute atomic E-state index is 0.123. The van der Waals surface area contributed by atoms with Crippen molar-refractivity contribution >= 4 is 11.8 Å². The second kappa shape index (κ2) is 4.39. The summed E-state index contributed by atoms with van der Waals surface area (Å²) in [5.74, 6) is 0.168. The van der Waals surface area contributed by atoms with E-state index in [1.165, 1.54) is 12.4 Å². The van der Waals surface area contributed by atoms with Crippen LogP contribution in [0.1, 0.15) is 10.5 Å². The number of ether oxygens (including phenoxy) is 1. The topological polar surface area (TPSA) is 78.1 Å². The molecule has 1 aromatic carbocycles. The number of benzene rings is 1. The molecule has 1 aromatic heterocycles. The van der Waals surface area contributed by atoms with Gasteiger partial charge in [-0.25, -0.2) is 14.8 Å². The smallest absolute Gasteiger partial charge is 0.363 e. The number of nitrogens with two attached hydrogens (primary N) is 1. The molecule has 0 radical (unpaired) electrons. The molecule has 0 fully saturated rings. The first-order chi connectivity index (χ1) is 7.75. The molecule has 0 unspecified atom stereocenters. The van der Waals surface area contributed by atoms with Crippen molar-refractivity contribution < 1.29 is 9.53 Å². The number of nitrogen functional groups attached to an aromatic ring is 1. The monoisotopic (exact) mass is 215 g/mol. The van der Waals surface area contributed by atoms with Crippen LogP contribution in [0.15, 0.2) is 42.7 Å². The van der Waals surface area contributed by atoms with E-state index in [1.54, 1.807) is 24.3 Å². The van der Waals surface area contributed by atoms with Gasteiger partial charge < -0.3 is 10.5 Å². The Labute approximate surface area is 91.9 Å². The maximum absolute atomic E-state index is 11.6. The predicted octanol–water partition coefficient (Wildman–Crippen LogP) is 1.28. The quantitative estimate of drug-likeness (QED) is 0.603. The number of para-hydroxylation sites is 1. The molecule has 0 bridgehead atoms. The van der Waals surface area contributed by atoms with Crippen LogP contribution in [-0.4, -0.2) is 15.9 Å². The van der Waals surface area contributed by atoms with Crippen molar-refractivity contribution in [1.29, 1.82) is 0 Å². The second-order valence-electron chi connectivity index (χ2n) is 3.03. The van der Waals surface area contributed by atoms with Crippen molar-refractivity contribution in [2.24, 2.45) is 0 Å². The number of rotatable bonds is 2. The zero-order chi connectivity index (χ0) is 11.4. The lowest BCUT2D eigenvalue weighted by Crippen LogP contribution is -2.11. The lowest BCUT2D eigenvalue weighted by atomic mass is 10.3. The molecule has 5 nitrogen and oxygen atoms in total. The van der Waals surface area contributed by atoms with E-state index in [4.69, 9.17) is 10.5 Å². The van der Waals surface area contributed by atoms with Gasteiger partial charge in [0.25, 0.3) is 0 Å². The van der Waals surface area contributed by atoms with E-state index >= 15 is 0 Å². The summed E-state index contributed by atoms with van der Waals surface area (Å²) in [6, 6.07) is 8.75. The molecule has 2 N–H and O–H groups in total. The largest absolute Gasteiger partial charge is 0.422 e. The van der Waals surface area contributed by atoms with Crippen LogP contribution in [0.5, 0.6) is 5.75 Å². The Morgan fingerprint density at radius 3 is 2.50 bits per heavy atom. The molecule has 5 heteroatoms. The number of carbonyl (C=O) groups is 1. The molecule has 0 aliphatic heterocycles. The first kappa shape index (κ1) is 10.1. The Morgan fingerprint density at radius 1 is 1.12 bits per heavy atom. The van der Waals surface area contributed by atoms with Gasteiger partial charge in [-0.2, -0.15) is 0 Å². The van der Waals surface area contributed by atoms with E-state index < -0.39 is 5.97 Å². The van der Waals surface area contributed by atoms with Gasteiger partial charge in [-0.15, -0.1) is 0 Å². The van der Waals surface area contributed by atoms with Gasteiger partial charge in [0, 0.05) is 0 Å². The molecule has 1 heterocycles. The third kappa shape index (κ3) is 2.33. The Kier molecular flexibility index (Phi) is 2.77. The summed E-state index contributed by atoms with van der Waals surface area (Å²) in [6.45, 7) is 0. The highest BCUT2D eigenvalue weighted by Gasteiger charge is 2.09. The molecule has 2 rings (SSSR count). The van der Waals surface area contributed by atoms with Crippen molar-refractivity contribution in [3.05, 3.63) is 48.4 Å². The highest BCUT2D eigenvalue weighted by molar-refractivity contribution is 5.88. The molecular weight excluding hydrogens is 206 g/mol. The van der Waals surface area contributed by atoms with E-state index in [2.05, 4.69) is 9.97 Å². The summed E-state index contributed by atoms with van der Waals surface area (Å²) in [6.07, 6.45) is 2.59. The fraction of sp³-hybridized carbons (Fsp3) is 0. The normalized spacial score (nSPS) is 9.75. The van der Waals surface area contributed by atoms with Crippen LogP contribution in [-0.2, 0) is 0 Å². The minimum Gasteiger partial charge on any atom is -0.422 e. The Balaban J connectivity index is 2.12. The number of nitrogens with zero attached hydrogens (tertiary/aromatic N) is 2. The standard InChI is InChI=1S/C11H9N3O2/c12-10-7-13-9(6-14-10)11(15)16-8-4-2-1-3-5-8/h1-7H,(H2,12,14). The van der Waals surface area contributed by atoms with Crippen LogP contribution in [0.4, 0.5) is 5.82 Å². The summed E-state index contributed by atoms with van der Waals surface area (Å²) in [5.41, 5.74) is 5.48. The molecule has 2 aromatic rings. The van der Waals surface area contributed by atoms with Gasteiger partial charge in [0.1, 0.15) is 11.6 Å². The van der Waals surface area contributed by atoms with Crippen molar-refractivity contribution in [2.45, 2.75) is 0 Å². The fourth-order valence-corrected chi connectivity index (χ4v) is 1.09. The van der Waals surface area contributed by atoms with Gasteiger partial charge in [0.15, 0.2) is 5.69 Å². The molecule has 0 aliphatic carbocycles. The van der Waals surface area contributed by atoms with Crippen LogP contribution in [0.2, 0.25) is 0 Å². The van der Waals surface area contributed by atoms with Gasteiger partial charge in [-0.05, 0) is 12.1 Å². The lowest BCUT2D eigenvalue weighted by molar-refractivity contribution is 0.0728. The van der Waals surface area contributed by atoms with E-state index in [0.717, 1.165) is 0 Å². The van der Waals surface area contributed by atoms with Gasteiger partial charge in [-0.1, -0.05) is 18.2 Å². The summed E-state index contributed by atoms with van der Waals surface area (Å²) < 4.78 is 5.06. The van der Waals surface area contributed by atoms with Crippen LogP contribution >= 0.6 is 0 Å². The maximum atomic E-state index is 11.6. The summed E-state index contributed by atoms with van der Waals surface area (Å²) in [7, 11) is 0. The average molecular weight is 215 g/mol. The third-order valence-corrected chi connectivity index (χ3v) is 1.83. The van der Waals surface area contributed by atoms with Crippen LogP contribution < -0.4 is 10.5 Å². The Bertz CT molecular complexity index is 482. The van der Waals surface area contributed by atoms with Crippen LogP contribution in [0, 0.1) is 0 Å². The van der Waals surface area contributed by atoms with Crippen molar-refractivity contribution in [1.82, 2.24) is 9.97 Å². The predicted molar refractivity (Wildman–Crippen MR) is 57.8 cm³/mol. The fourth-order valence-electron chi connectivity index (χ4n) is 1.09. The first-order valence-electron chi connectivity index (χ1n) is 4.60. The van der Waals surface area contributed by atoms with E-state index in [-0.39, 0.29) is 11.5 Å². The Hall–Kier alpha value is -2.43. The molecule has 0 amide bonds. The van der Waals surface area contributed by atoms with Crippen LogP contribution in [0.25, 0.3) is 0 Å². The average Bonchev–Trinajstić information content (AvgIpc) is 2.31. The van der Waals surface area contributed by atoms with Crippen molar-refractivity contribution in [3.8, 4) is 5.75 Å². The number of hydrogen-bond acceptors (Lipinski definition) is 5. The summed E-state index contributed by atoms with van der Waals surface area (Å²) in [4.78, 5) is 19.1. The van der Waals surface area contributed by atoms with Gasteiger partial charge in [0.05, 0.1) is 12.4 Å². The summed E-state index contributed by atoms with van der Waals surface area (Å²) in [5, 5.41) is 0. The molecule has 0 aliphatic rings. The SMILES string of the molecule is Nc1cnc(C(=O)Oc2ccccc2)cn1. The Morgan fingerprint density at radius 2 is 1.88 bits per heavy atom. The molecule has 80 valence electrons. The molecule has 0 spiro atoms. The lowest BCUT2D eigenvalue weighted by Gasteiger charge is -2.02. The second-order valence-corrected chi connectivity index (χ2v) is 3.03. The van der Waals surface area contributed by atoms with Gasteiger partial charge in [-0.3, -0.25) is 0 Å².